The topological polar surface area (TPSA) is 56.9 Å². The number of carbonyl (C=O) groups is 1. The number of aliphatic hydroxyl groups excluding tert-OH is 1. The Bertz CT molecular complexity index is 924. The zero-order chi connectivity index (χ0) is 20.1. The first-order chi connectivity index (χ1) is 14.2. The number of β-amino-alcohol motifs (C(OH)–C–C–N with tert-alkyl or cyclic N) is 1. The molecule has 1 unspecified atom stereocenters. The lowest BCUT2D eigenvalue weighted by Gasteiger charge is -2.34. The number of furan rings is 1. The van der Waals surface area contributed by atoms with E-state index in [1.165, 1.54) is 0 Å². The van der Waals surface area contributed by atoms with E-state index in [1.807, 2.05) is 59.5 Å². The Kier molecular flexibility index (Phi) is 5.96. The summed E-state index contributed by atoms with van der Waals surface area (Å²) in [5.74, 6) is 0.880. The molecular weight excluding hydrogens is 364 g/mol. The minimum atomic E-state index is -0.501. The van der Waals surface area contributed by atoms with Crippen molar-refractivity contribution in [2.75, 3.05) is 18.0 Å². The second-order valence-electron chi connectivity index (χ2n) is 7.50. The summed E-state index contributed by atoms with van der Waals surface area (Å²) in [5.41, 5.74) is 3.27. The van der Waals surface area contributed by atoms with Crippen LogP contribution in [-0.2, 0) is 24.3 Å². The van der Waals surface area contributed by atoms with E-state index in [1.54, 1.807) is 6.26 Å². The van der Waals surface area contributed by atoms with Gasteiger partial charge in [-0.15, -0.1) is 0 Å². The number of aliphatic hydroxyl groups is 1. The molecule has 0 aliphatic carbocycles. The van der Waals surface area contributed by atoms with E-state index in [4.69, 9.17) is 4.42 Å². The van der Waals surface area contributed by atoms with E-state index in [2.05, 4.69) is 17.0 Å². The van der Waals surface area contributed by atoms with E-state index >= 15 is 0 Å². The van der Waals surface area contributed by atoms with Crippen molar-refractivity contribution in [3.8, 4) is 0 Å². The first-order valence-electron chi connectivity index (χ1n) is 10.0. The summed E-state index contributed by atoms with van der Waals surface area (Å²) < 4.78 is 5.44. The highest BCUT2D eigenvalue weighted by Crippen LogP contribution is 2.26. The van der Waals surface area contributed by atoms with Crippen molar-refractivity contribution in [1.82, 2.24) is 4.90 Å². The molecule has 0 saturated carbocycles. The molecule has 2 heterocycles. The summed E-state index contributed by atoms with van der Waals surface area (Å²) in [5, 5.41) is 10.7. The average Bonchev–Trinajstić information content (AvgIpc) is 3.24. The SMILES string of the molecule is O=C1CCN(CC(O)Cc2ccccc2)c2ccccc2CN1Cc1ccco1. The molecule has 0 saturated heterocycles. The summed E-state index contributed by atoms with van der Waals surface area (Å²) in [6, 6.07) is 21.9. The molecule has 4 rings (SSSR count). The van der Waals surface area contributed by atoms with Crippen molar-refractivity contribution in [3.05, 3.63) is 89.9 Å². The van der Waals surface area contributed by atoms with E-state index in [0.29, 0.717) is 39.0 Å². The van der Waals surface area contributed by atoms with Gasteiger partial charge in [0.1, 0.15) is 5.76 Å². The van der Waals surface area contributed by atoms with Crippen LogP contribution in [0, 0.1) is 0 Å². The predicted octanol–water partition coefficient (Wildman–Crippen LogP) is 3.62. The van der Waals surface area contributed by atoms with Crippen LogP contribution >= 0.6 is 0 Å². The highest BCUT2D eigenvalue weighted by molar-refractivity contribution is 5.78. The minimum absolute atomic E-state index is 0.0958. The van der Waals surface area contributed by atoms with Crippen molar-refractivity contribution in [3.63, 3.8) is 0 Å². The largest absolute Gasteiger partial charge is 0.467 e. The van der Waals surface area contributed by atoms with E-state index in [0.717, 1.165) is 22.6 Å². The first kappa shape index (κ1) is 19.3. The second kappa shape index (κ2) is 8.97. The molecule has 1 N–H and O–H groups in total. The van der Waals surface area contributed by atoms with Crippen LogP contribution in [0.5, 0.6) is 0 Å². The fraction of sp³-hybridized carbons (Fsp3) is 0.292. The highest BCUT2D eigenvalue weighted by Gasteiger charge is 2.24. The molecule has 150 valence electrons. The van der Waals surface area contributed by atoms with Crippen molar-refractivity contribution in [2.24, 2.45) is 0 Å². The van der Waals surface area contributed by atoms with Crippen LogP contribution in [0.25, 0.3) is 0 Å². The number of nitrogens with zero attached hydrogens (tertiary/aromatic N) is 2. The van der Waals surface area contributed by atoms with Crippen LogP contribution in [0.1, 0.15) is 23.3 Å². The molecule has 0 fully saturated rings. The van der Waals surface area contributed by atoms with Crippen molar-refractivity contribution in [1.29, 1.82) is 0 Å². The Labute approximate surface area is 171 Å². The molecule has 1 aliphatic heterocycles. The lowest BCUT2D eigenvalue weighted by molar-refractivity contribution is -0.132. The number of fused-ring (bicyclic) bond motifs is 1. The summed E-state index contributed by atoms with van der Waals surface area (Å²) in [7, 11) is 0. The number of carbonyl (C=O) groups excluding carboxylic acids is 1. The van der Waals surface area contributed by atoms with Crippen molar-refractivity contribution < 1.29 is 14.3 Å². The van der Waals surface area contributed by atoms with Crippen molar-refractivity contribution >= 4 is 11.6 Å². The van der Waals surface area contributed by atoms with Gasteiger partial charge < -0.3 is 19.3 Å². The first-order valence-corrected chi connectivity index (χ1v) is 10.0. The Morgan fingerprint density at radius 3 is 2.55 bits per heavy atom. The third kappa shape index (κ3) is 4.87. The zero-order valence-corrected chi connectivity index (χ0v) is 16.4. The molecule has 5 nitrogen and oxygen atoms in total. The Hall–Kier alpha value is -3.05. The van der Waals surface area contributed by atoms with E-state index in [9.17, 15) is 9.90 Å². The number of anilines is 1. The van der Waals surface area contributed by atoms with Crippen LogP contribution in [0.15, 0.2) is 77.4 Å². The molecule has 2 aromatic carbocycles. The molecule has 1 atom stereocenters. The fourth-order valence-electron chi connectivity index (χ4n) is 3.89. The third-order valence-electron chi connectivity index (χ3n) is 5.31. The quantitative estimate of drug-likeness (QED) is 0.698. The van der Waals surface area contributed by atoms with Gasteiger partial charge in [0.05, 0.1) is 18.9 Å². The maximum Gasteiger partial charge on any atom is 0.225 e. The molecule has 0 bridgehead atoms. The van der Waals surface area contributed by atoms with Gasteiger partial charge in [-0.05, 0) is 29.3 Å². The molecule has 1 aromatic heterocycles. The van der Waals surface area contributed by atoms with Gasteiger partial charge in [0.25, 0.3) is 0 Å². The lowest BCUT2D eigenvalue weighted by atomic mass is 10.0. The molecule has 5 heteroatoms. The smallest absolute Gasteiger partial charge is 0.225 e. The van der Waals surface area contributed by atoms with Gasteiger partial charge >= 0.3 is 0 Å². The molecule has 3 aromatic rings. The van der Waals surface area contributed by atoms with Gasteiger partial charge in [-0.3, -0.25) is 4.79 Å². The van der Waals surface area contributed by atoms with Crippen LogP contribution in [0.3, 0.4) is 0 Å². The number of amides is 1. The van der Waals surface area contributed by atoms with Gasteiger partial charge in [-0.2, -0.15) is 0 Å². The van der Waals surface area contributed by atoms with Crippen LogP contribution in [0.4, 0.5) is 5.69 Å². The van der Waals surface area contributed by atoms with Crippen LogP contribution in [0.2, 0.25) is 0 Å². The second-order valence-corrected chi connectivity index (χ2v) is 7.50. The van der Waals surface area contributed by atoms with E-state index < -0.39 is 6.10 Å². The number of hydrogen-bond donors (Lipinski definition) is 1. The van der Waals surface area contributed by atoms with Gasteiger partial charge in [0.15, 0.2) is 0 Å². The summed E-state index contributed by atoms with van der Waals surface area (Å²) >= 11 is 0. The van der Waals surface area contributed by atoms with Crippen molar-refractivity contribution in [2.45, 2.75) is 32.0 Å². The monoisotopic (exact) mass is 390 g/mol. The Morgan fingerprint density at radius 2 is 1.76 bits per heavy atom. The lowest BCUT2D eigenvalue weighted by Crippen LogP contribution is -2.41. The third-order valence-corrected chi connectivity index (χ3v) is 5.31. The average molecular weight is 390 g/mol. The maximum absolute atomic E-state index is 12.8. The van der Waals surface area contributed by atoms with Gasteiger partial charge in [0.2, 0.25) is 5.91 Å². The summed E-state index contributed by atoms with van der Waals surface area (Å²) in [4.78, 5) is 16.8. The normalized spacial score (nSPS) is 15.6. The number of para-hydroxylation sites is 1. The molecule has 1 amide bonds. The zero-order valence-electron chi connectivity index (χ0n) is 16.4. The summed E-state index contributed by atoms with van der Waals surface area (Å²) in [6.07, 6.45) is 2.14. The maximum atomic E-state index is 12.8. The van der Waals surface area contributed by atoms with Gasteiger partial charge in [-0.25, -0.2) is 0 Å². The van der Waals surface area contributed by atoms with E-state index in [-0.39, 0.29) is 5.91 Å². The van der Waals surface area contributed by atoms with Crippen LogP contribution < -0.4 is 4.90 Å². The standard InChI is InChI=1S/C24H26N2O3/c27-21(15-19-7-2-1-3-8-19)17-25-13-12-24(28)26(18-22-10-6-14-29-22)16-20-9-4-5-11-23(20)25/h1-11,14,21,27H,12-13,15-18H2. The molecule has 1 aliphatic rings. The highest BCUT2D eigenvalue weighted by atomic mass is 16.3. The number of benzene rings is 2. The van der Waals surface area contributed by atoms with Crippen LogP contribution in [-0.4, -0.2) is 35.1 Å². The number of hydrogen-bond acceptors (Lipinski definition) is 4. The van der Waals surface area contributed by atoms with Gasteiger partial charge in [-0.1, -0.05) is 48.5 Å². The molecule has 0 radical (unpaired) electrons. The Balaban J connectivity index is 1.51. The molecule has 29 heavy (non-hydrogen) atoms. The number of rotatable bonds is 6. The fourth-order valence-corrected chi connectivity index (χ4v) is 3.89. The molecule has 0 spiro atoms. The minimum Gasteiger partial charge on any atom is -0.467 e. The Morgan fingerprint density at radius 1 is 0.966 bits per heavy atom. The van der Waals surface area contributed by atoms with Gasteiger partial charge in [0, 0.05) is 38.2 Å². The summed E-state index contributed by atoms with van der Waals surface area (Å²) in [6.45, 7) is 2.07. The molecular formula is C24H26N2O3. The predicted molar refractivity (Wildman–Crippen MR) is 112 cm³/mol.